The number of carbonyl (C=O) groups is 2. The van der Waals surface area contributed by atoms with E-state index >= 15 is 0 Å². The van der Waals surface area contributed by atoms with Gasteiger partial charge in [-0.3, -0.25) is 9.59 Å². The summed E-state index contributed by atoms with van der Waals surface area (Å²) in [6, 6.07) is 0. The lowest BCUT2D eigenvalue weighted by Gasteiger charge is -2.19. The summed E-state index contributed by atoms with van der Waals surface area (Å²) in [5.41, 5.74) is 0. The van der Waals surface area contributed by atoms with E-state index in [0.717, 1.165) is 25.7 Å². The Kier molecular flexibility index (Phi) is 15.3. The second-order valence-corrected chi connectivity index (χ2v) is 8.33. The van der Waals surface area contributed by atoms with Crippen LogP contribution in [0.25, 0.3) is 0 Å². The highest BCUT2D eigenvalue weighted by atomic mass is 16.5. The predicted octanol–water partition coefficient (Wildman–Crippen LogP) is 6.36. The maximum Gasteiger partial charge on any atom is 0.306 e. The molecule has 166 valence electrons. The van der Waals surface area contributed by atoms with Crippen LogP contribution in [0.2, 0.25) is 0 Å². The minimum atomic E-state index is -0.289. The highest BCUT2D eigenvalue weighted by Gasteiger charge is 2.24. The SMILES string of the molecule is CCCCCCCCCCC#CCOC(=O)CCCC(=O)OC(C)C1CCCC1. The van der Waals surface area contributed by atoms with Crippen LogP contribution < -0.4 is 0 Å². The minimum Gasteiger partial charge on any atom is -0.462 e. The molecule has 0 spiro atoms. The number of hydrogen-bond acceptors (Lipinski definition) is 4. The van der Waals surface area contributed by atoms with E-state index in [4.69, 9.17) is 9.47 Å². The molecule has 1 unspecified atom stereocenters. The number of hydrogen-bond donors (Lipinski definition) is 0. The summed E-state index contributed by atoms with van der Waals surface area (Å²) < 4.78 is 10.6. The molecule has 1 atom stereocenters. The maximum atomic E-state index is 11.9. The summed E-state index contributed by atoms with van der Waals surface area (Å²) in [5, 5.41) is 0. The molecule has 1 aliphatic carbocycles. The van der Waals surface area contributed by atoms with Crippen molar-refractivity contribution in [3.05, 3.63) is 0 Å². The van der Waals surface area contributed by atoms with Gasteiger partial charge in [0, 0.05) is 19.3 Å². The second-order valence-electron chi connectivity index (χ2n) is 8.33. The number of ether oxygens (including phenoxy) is 2. The molecule has 0 aliphatic heterocycles. The van der Waals surface area contributed by atoms with Gasteiger partial charge in [0.2, 0.25) is 0 Å². The van der Waals surface area contributed by atoms with Crippen molar-refractivity contribution in [2.45, 2.75) is 123 Å². The van der Waals surface area contributed by atoms with Crippen LogP contribution in [0, 0.1) is 17.8 Å². The fourth-order valence-electron chi connectivity index (χ4n) is 3.84. The molecule has 0 aromatic rings. The van der Waals surface area contributed by atoms with Crippen LogP contribution in [0.1, 0.15) is 117 Å². The van der Waals surface area contributed by atoms with Gasteiger partial charge in [0.25, 0.3) is 0 Å². The molecule has 1 saturated carbocycles. The highest BCUT2D eigenvalue weighted by molar-refractivity contribution is 5.72. The Morgan fingerprint density at radius 3 is 2.17 bits per heavy atom. The van der Waals surface area contributed by atoms with Gasteiger partial charge in [-0.15, -0.1) is 0 Å². The van der Waals surface area contributed by atoms with E-state index in [9.17, 15) is 9.59 Å². The van der Waals surface area contributed by atoms with Gasteiger partial charge in [0.05, 0.1) is 0 Å². The smallest absolute Gasteiger partial charge is 0.306 e. The zero-order valence-electron chi connectivity index (χ0n) is 18.8. The van der Waals surface area contributed by atoms with Crippen molar-refractivity contribution >= 4 is 11.9 Å². The van der Waals surface area contributed by atoms with Gasteiger partial charge in [-0.25, -0.2) is 0 Å². The number of rotatable bonds is 15. The molecule has 1 fully saturated rings. The van der Waals surface area contributed by atoms with E-state index in [0.29, 0.717) is 12.3 Å². The van der Waals surface area contributed by atoms with Gasteiger partial charge < -0.3 is 9.47 Å². The average molecular weight is 407 g/mol. The lowest BCUT2D eigenvalue weighted by atomic mass is 10.0. The van der Waals surface area contributed by atoms with Crippen LogP contribution >= 0.6 is 0 Å². The molecule has 4 nitrogen and oxygen atoms in total. The molecule has 0 N–H and O–H groups in total. The van der Waals surface area contributed by atoms with Gasteiger partial charge in [0.15, 0.2) is 6.61 Å². The number of unbranched alkanes of at least 4 members (excludes halogenated alkanes) is 8. The first-order valence-electron chi connectivity index (χ1n) is 11.9. The summed E-state index contributed by atoms with van der Waals surface area (Å²) in [7, 11) is 0. The van der Waals surface area contributed by atoms with Crippen molar-refractivity contribution in [2.75, 3.05) is 6.61 Å². The van der Waals surface area contributed by atoms with Crippen LogP contribution in [0.5, 0.6) is 0 Å². The van der Waals surface area contributed by atoms with Gasteiger partial charge in [-0.1, -0.05) is 76.6 Å². The molecular weight excluding hydrogens is 364 g/mol. The summed E-state index contributed by atoms with van der Waals surface area (Å²) >= 11 is 0. The van der Waals surface area contributed by atoms with Crippen LogP contribution in [-0.2, 0) is 19.1 Å². The maximum absolute atomic E-state index is 11.9. The second kappa shape index (κ2) is 17.4. The van der Waals surface area contributed by atoms with Crippen LogP contribution in [0.4, 0.5) is 0 Å². The van der Waals surface area contributed by atoms with E-state index in [1.54, 1.807) is 0 Å². The Morgan fingerprint density at radius 2 is 1.48 bits per heavy atom. The number of esters is 2. The third-order valence-corrected chi connectivity index (χ3v) is 5.73. The first-order chi connectivity index (χ1) is 14.1. The fraction of sp³-hybridized carbons (Fsp3) is 0.840. The molecule has 0 radical (unpaired) electrons. The molecule has 0 heterocycles. The zero-order valence-corrected chi connectivity index (χ0v) is 18.8. The fourth-order valence-corrected chi connectivity index (χ4v) is 3.84. The van der Waals surface area contributed by atoms with Crippen LogP contribution in [-0.4, -0.2) is 24.6 Å². The summed E-state index contributed by atoms with van der Waals surface area (Å²) in [6.45, 7) is 4.37. The molecule has 1 aliphatic rings. The molecule has 29 heavy (non-hydrogen) atoms. The lowest BCUT2D eigenvalue weighted by Crippen LogP contribution is -2.22. The quantitative estimate of drug-likeness (QED) is 0.180. The Labute approximate surface area is 178 Å². The summed E-state index contributed by atoms with van der Waals surface area (Å²) in [4.78, 5) is 23.6. The molecule has 0 aromatic carbocycles. The highest BCUT2D eigenvalue weighted by Crippen LogP contribution is 2.29. The third kappa shape index (κ3) is 14.2. The molecule has 4 heteroatoms. The number of carbonyl (C=O) groups excluding carboxylic acids is 2. The van der Waals surface area contributed by atoms with Crippen molar-refractivity contribution in [3.63, 3.8) is 0 Å². The Hall–Kier alpha value is -1.50. The van der Waals surface area contributed by atoms with E-state index in [-0.39, 0.29) is 37.5 Å². The Bertz CT molecular complexity index is 497. The standard InChI is InChI=1S/C25H42O4/c1-3-4-5-6-7-8-9-10-11-12-15-21-28-24(26)19-16-20-25(27)29-22(2)23-17-13-14-18-23/h22-23H,3-11,13-14,16-21H2,1-2H3. The van der Waals surface area contributed by atoms with Gasteiger partial charge in [-0.05, 0) is 38.5 Å². The third-order valence-electron chi connectivity index (χ3n) is 5.73. The Morgan fingerprint density at radius 1 is 0.862 bits per heavy atom. The van der Waals surface area contributed by atoms with E-state index in [2.05, 4.69) is 18.8 Å². The molecule has 0 amide bonds. The summed E-state index contributed by atoms with van der Waals surface area (Å²) in [6.07, 6.45) is 17.0. The van der Waals surface area contributed by atoms with Crippen molar-refractivity contribution in [1.29, 1.82) is 0 Å². The van der Waals surface area contributed by atoms with Gasteiger partial charge in [0.1, 0.15) is 6.10 Å². The van der Waals surface area contributed by atoms with Crippen LogP contribution in [0.15, 0.2) is 0 Å². The zero-order chi connectivity index (χ0) is 21.2. The van der Waals surface area contributed by atoms with Crippen molar-refractivity contribution < 1.29 is 19.1 Å². The molecule has 0 bridgehead atoms. The van der Waals surface area contributed by atoms with Gasteiger partial charge >= 0.3 is 11.9 Å². The first kappa shape index (κ1) is 25.5. The Balaban J connectivity index is 1.92. The average Bonchev–Trinajstić information content (AvgIpc) is 3.24. The van der Waals surface area contributed by atoms with Crippen molar-refractivity contribution in [2.24, 2.45) is 5.92 Å². The molecule has 0 aromatic heterocycles. The molecule has 0 saturated heterocycles. The largest absolute Gasteiger partial charge is 0.462 e. The van der Waals surface area contributed by atoms with Gasteiger partial charge in [-0.2, -0.15) is 0 Å². The van der Waals surface area contributed by atoms with E-state index < -0.39 is 0 Å². The molecule has 1 rings (SSSR count). The van der Waals surface area contributed by atoms with Crippen molar-refractivity contribution in [1.82, 2.24) is 0 Å². The van der Waals surface area contributed by atoms with E-state index in [1.807, 2.05) is 6.92 Å². The normalized spacial score (nSPS) is 14.8. The predicted molar refractivity (Wildman–Crippen MR) is 117 cm³/mol. The first-order valence-corrected chi connectivity index (χ1v) is 11.9. The van der Waals surface area contributed by atoms with E-state index in [1.165, 1.54) is 57.8 Å². The molecular formula is C25H42O4. The monoisotopic (exact) mass is 406 g/mol. The lowest BCUT2D eigenvalue weighted by molar-refractivity contribution is -0.151. The van der Waals surface area contributed by atoms with Crippen molar-refractivity contribution in [3.8, 4) is 11.8 Å². The van der Waals surface area contributed by atoms with Crippen LogP contribution in [0.3, 0.4) is 0 Å². The minimum absolute atomic E-state index is 0.00622. The topological polar surface area (TPSA) is 52.6 Å². The summed E-state index contributed by atoms with van der Waals surface area (Å²) in [5.74, 6) is 5.99.